The predicted molar refractivity (Wildman–Crippen MR) is 132 cm³/mol. The van der Waals surface area contributed by atoms with E-state index >= 15 is 0 Å². The molecular formula is C26H24BrN5O3. The largest absolute Gasteiger partial charge is 0.490 e. The lowest BCUT2D eigenvalue weighted by Gasteiger charge is -2.36. The van der Waals surface area contributed by atoms with Crippen molar-refractivity contribution in [3.05, 3.63) is 64.3 Å². The molecule has 2 saturated carbocycles. The van der Waals surface area contributed by atoms with E-state index in [1.807, 2.05) is 41.3 Å². The Morgan fingerprint density at radius 2 is 2.03 bits per heavy atom. The second-order valence-corrected chi connectivity index (χ2v) is 10.7. The molecule has 4 aromatic rings. The van der Waals surface area contributed by atoms with E-state index in [0.717, 1.165) is 76.7 Å². The van der Waals surface area contributed by atoms with Gasteiger partial charge in [-0.15, -0.1) is 0 Å². The molecule has 0 radical (unpaired) electrons. The third-order valence-corrected chi connectivity index (χ3v) is 8.30. The lowest BCUT2D eigenvalue weighted by atomic mass is 9.69. The van der Waals surface area contributed by atoms with Crippen LogP contribution in [-0.4, -0.2) is 32.3 Å². The summed E-state index contributed by atoms with van der Waals surface area (Å²) in [7, 11) is 0. The van der Waals surface area contributed by atoms with Crippen molar-refractivity contribution in [3.8, 4) is 5.75 Å². The van der Waals surface area contributed by atoms with Crippen molar-refractivity contribution in [2.45, 2.75) is 62.5 Å². The normalized spacial score (nSPS) is 23.9. The molecule has 3 aliphatic rings. The van der Waals surface area contributed by atoms with E-state index in [-0.39, 0.29) is 12.0 Å². The molecule has 0 unspecified atom stereocenters. The van der Waals surface area contributed by atoms with E-state index in [9.17, 15) is 4.79 Å². The summed E-state index contributed by atoms with van der Waals surface area (Å²) in [6.45, 7) is 0.300. The van der Waals surface area contributed by atoms with Crippen LogP contribution in [0.2, 0.25) is 0 Å². The van der Waals surface area contributed by atoms with Crippen LogP contribution in [0.3, 0.4) is 0 Å². The summed E-state index contributed by atoms with van der Waals surface area (Å²) in [5, 5.41) is 12.2. The van der Waals surface area contributed by atoms with Crippen LogP contribution >= 0.6 is 15.9 Å². The number of rotatable bonds is 5. The molecule has 1 N–H and O–H groups in total. The highest BCUT2D eigenvalue weighted by Gasteiger charge is 2.53. The Kier molecular flexibility index (Phi) is 4.77. The van der Waals surface area contributed by atoms with Gasteiger partial charge in [0.05, 0.1) is 23.2 Å². The molecule has 0 atom stereocenters. The summed E-state index contributed by atoms with van der Waals surface area (Å²) in [4.78, 5) is 20.4. The third kappa shape index (κ3) is 3.47. The first-order valence-electron chi connectivity index (χ1n) is 12.1. The van der Waals surface area contributed by atoms with E-state index in [4.69, 9.17) is 9.26 Å². The molecular weight excluding hydrogens is 510 g/mol. The van der Waals surface area contributed by atoms with Crippen molar-refractivity contribution >= 4 is 38.4 Å². The maximum absolute atomic E-state index is 14.0. The molecule has 1 aliphatic heterocycles. The topological polar surface area (TPSA) is 97.1 Å². The van der Waals surface area contributed by atoms with E-state index in [2.05, 4.69) is 36.3 Å². The monoisotopic (exact) mass is 533 g/mol. The second-order valence-electron chi connectivity index (χ2n) is 9.86. The Balaban J connectivity index is 1.13. The van der Waals surface area contributed by atoms with Crippen LogP contribution in [0.15, 0.2) is 51.6 Å². The van der Waals surface area contributed by atoms with Gasteiger partial charge in [-0.2, -0.15) is 10.1 Å². The molecule has 178 valence electrons. The maximum atomic E-state index is 14.0. The average molecular weight is 534 g/mol. The van der Waals surface area contributed by atoms with Gasteiger partial charge in [0.1, 0.15) is 12.3 Å². The number of nitrogens with zero attached hydrogens (tertiary/aromatic N) is 4. The van der Waals surface area contributed by atoms with Gasteiger partial charge in [0.15, 0.2) is 5.82 Å². The number of aromatic nitrogens is 4. The van der Waals surface area contributed by atoms with Crippen LogP contribution in [-0.2, 0) is 16.8 Å². The fourth-order valence-electron chi connectivity index (χ4n) is 5.67. The first-order valence-corrected chi connectivity index (χ1v) is 12.9. The number of aromatic amines is 1. The first kappa shape index (κ1) is 21.1. The van der Waals surface area contributed by atoms with Crippen LogP contribution in [0.25, 0.3) is 10.9 Å². The molecule has 7 rings (SSSR count). The molecule has 8 nitrogen and oxygen atoms in total. The molecule has 3 heterocycles. The number of fused-ring (bicyclic) bond motifs is 3. The van der Waals surface area contributed by atoms with Crippen molar-refractivity contribution in [1.29, 1.82) is 0 Å². The van der Waals surface area contributed by atoms with Gasteiger partial charge < -0.3 is 14.2 Å². The molecule has 0 saturated heterocycles. The Morgan fingerprint density at radius 3 is 2.86 bits per heavy atom. The van der Waals surface area contributed by atoms with Gasteiger partial charge in [0.2, 0.25) is 11.8 Å². The van der Waals surface area contributed by atoms with E-state index in [0.29, 0.717) is 18.4 Å². The van der Waals surface area contributed by atoms with Crippen molar-refractivity contribution < 1.29 is 14.1 Å². The zero-order valence-corrected chi connectivity index (χ0v) is 20.6. The minimum Gasteiger partial charge on any atom is -0.490 e. The lowest BCUT2D eigenvalue weighted by Crippen LogP contribution is -2.44. The molecule has 1 amide bonds. The van der Waals surface area contributed by atoms with Gasteiger partial charge in [0, 0.05) is 27.0 Å². The fraction of sp³-hybridized carbons (Fsp3) is 0.385. The second kappa shape index (κ2) is 7.91. The summed E-state index contributed by atoms with van der Waals surface area (Å²) in [6.07, 6.45) is 7.15. The van der Waals surface area contributed by atoms with E-state index < -0.39 is 5.41 Å². The number of anilines is 1. The number of hydrogen-bond donors (Lipinski definition) is 1. The summed E-state index contributed by atoms with van der Waals surface area (Å²) < 4.78 is 12.8. The van der Waals surface area contributed by atoms with Gasteiger partial charge in [0.25, 0.3) is 0 Å². The highest BCUT2D eigenvalue weighted by molar-refractivity contribution is 9.10. The van der Waals surface area contributed by atoms with Crippen LogP contribution < -0.4 is 9.64 Å². The molecule has 35 heavy (non-hydrogen) atoms. The molecule has 2 fully saturated rings. The summed E-state index contributed by atoms with van der Waals surface area (Å²) >= 11 is 3.75. The summed E-state index contributed by atoms with van der Waals surface area (Å²) in [5.41, 5.74) is 2.43. The first-order chi connectivity index (χ1) is 17.1. The molecule has 9 heteroatoms. The van der Waals surface area contributed by atoms with Gasteiger partial charge in [-0.1, -0.05) is 27.2 Å². The molecule has 0 bridgehead atoms. The van der Waals surface area contributed by atoms with Gasteiger partial charge in [-0.3, -0.25) is 9.89 Å². The number of carbonyl (C=O) groups excluding carboxylic acids is 1. The Hall–Kier alpha value is -3.20. The minimum atomic E-state index is -0.566. The Labute approximate surface area is 210 Å². The zero-order chi connectivity index (χ0) is 23.6. The SMILES string of the molecule is O=C1N(Cc2nc(C3CC3)no2)c2cccc(Br)c2C12CCC(Oc1ccc3[nH]ncc3c1)CC2. The van der Waals surface area contributed by atoms with Crippen LogP contribution in [0.1, 0.15) is 61.7 Å². The number of nitrogens with one attached hydrogen (secondary N) is 1. The predicted octanol–water partition coefficient (Wildman–Crippen LogP) is 5.39. The van der Waals surface area contributed by atoms with Crippen molar-refractivity contribution in [2.24, 2.45) is 0 Å². The summed E-state index contributed by atoms with van der Waals surface area (Å²) in [5.74, 6) is 2.63. The lowest BCUT2D eigenvalue weighted by molar-refractivity contribution is -0.125. The van der Waals surface area contributed by atoms with Crippen molar-refractivity contribution in [3.63, 3.8) is 0 Å². The number of ether oxygens (including phenoxy) is 1. The highest BCUT2D eigenvalue weighted by atomic mass is 79.9. The van der Waals surface area contributed by atoms with E-state index in [1.165, 1.54) is 0 Å². The average Bonchev–Trinajstić information content (AvgIpc) is 3.34. The number of carbonyl (C=O) groups is 1. The fourth-order valence-corrected chi connectivity index (χ4v) is 6.41. The Bertz CT molecular complexity index is 1430. The van der Waals surface area contributed by atoms with Gasteiger partial charge in [-0.25, -0.2) is 0 Å². The van der Waals surface area contributed by atoms with Gasteiger partial charge in [-0.05, 0) is 68.9 Å². The quantitative estimate of drug-likeness (QED) is 0.369. The van der Waals surface area contributed by atoms with Crippen LogP contribution in [0.4, 0.5) is 5.69 Å². The van der Waals surface area contributed by atoms with Gasteiger partial charge >= 0.3 is 0 Å². The molecule has 2 aromatic heterocycles. The Morgan fingerprint density at radius 1 is 1.17 bits per heavy atom. The third-order valence-electron chi connectivity index (χ3n) is 7.64. The van der Waals surface area contributed by atoms with Crippen molar-refractivity contribution in [2.75, 3.05) is 4.90 Å². The number of benzene rings is 2. The van der Waals surface area contributed by atoms with Crippen LogP contribution in [0, 0.1) is 0 Å². The number of H-pyrrole nitrogens is 1. The molecule has 1 spiro atoms. The standard InChI is InChI=1S/C26H24BrN5O3/c27-19-2-1-3-21-23(19)26(25(33)32(21)14-22-29-24(31-35-22)15-4-5-15)10-8-17(9-11-26)34-18-6-7-20-16(12-18)13-28-30-20/h1-3,6-7,12-13,15,17H,4-5,8-11,14H2,(H,28,30). The summed E-state index contributed by atoms with van der Waals surface area (Å²) in [6, 6.07) is 12.0. The minimum absolute atomic E-state index is 0.0646. The number of hydrogen-bond acceptors (Lipinski definition) is 6. The van der Waals surface area contributed by atoms with Crippen molar-refractivity contribution in [1.82, 2.24) is 20.3 Å². The number of amides is 1. The smallest absolute Gasteiger partial charge is 0.246 e. The highest BCUT2D eigenvalue weighted by Crippen LogP contribution is 2.53. The maximum Gasteiger partial charge on any atom is 0.246 e. The molecule has 2 aliphatic carbocycles. The molecule has 2 aromatic carbocycles. The van der Waals surface area contributed by atoms with Crippen LogP contribution in [0.5, 0.6) is 5.75 Å². The number of halogens is 1. The zero-order valence-electron chi connectivity index (χ0n) is 19.0. The van der Waals surface area contributed by atoms with E-state index in [1.54, 1.807) is 6.20 Å².